The molecule has 1 aliphatic carbocycles. The number of pyridine rings is 1. The van der Waals surface area contributed by atoms with E-state index in [0.717, 1.165) is 25.7 Å². The van der Waals surface area contributed by atoms with Gasteiger partial charge in [-0.05, 0) is 31.7 Å². The first-order valence-electron chi connectivity index (χ1n) is 5.78. The Morgan fingerprint density at radius 3 is 2.53 bits per heavy atom. The number of aromatic nitrogens is 1. The molecule has 0 unspecified atom stereocenters. The Morgan fingerprint density at radius 1 is 1.32 bits per heavy atom. The molecule has 0 aliphatic heterocycles. The van der Waals surface area contributed by atoms with Gasteiger partial charge in [0.1, 0.15) is 0 Å². The molecule has 1 saturated carbocycles. The van der Waals surface area contributed by atoms with Crippen LogP contribution in [-0.2, 0) is 0 Å². The van der Waals surface area contributed by atoms with Gasteiger partial charge in [0, 0.05) is 24.3 Å². The molecule has 1 aliphatic rings. The molecule has 0 spiro atoms. The highest BCUT2D eigenvalue weighted by atomic mass is 35.5. The van der Waals surface area contributed by atoms with Crippen LogP contribution in [0.2, 0.25) is 0 Å². The third-order valence-corrected chi connectivity index (χ3v) is 3.10. The summed E-state index contributed by atoms with van der Waals surface area (Å²) in [6, 6.07) is 3.54. The van der Waals surface area contributed by atoms with E-state index in [0.29, 0.717) is 5.82 Å². The van der Waals surface area contributed by atoms with Crippen LogP contribution in [0.5, 0.6) is 0 Å². The predicted octanol–water partition coefficient (Wildman–Crippen LogP) is 2.52. The molecular formula is C11H18Cl2N4O2. The van der Waals surface area contributed by atoms with Crippen molar-refractivity contribution in [3.05, 3.63) is 28.4 Å². The van der Waals surface area contributed by atoms with Crippen molar-refractivity contribution >= 4 is 36.3 Å². The Kier molecular flexibility index (Phi) is 7.66. The molecule has 1 fully saturated rings. The number of nitro groups is 1. The molecule has 1 aromatic rings. The van der Waals surface area contributed by atoms with Gasteiger partial charge >= 0.3 is 5.69 Å². The molecule has 0 saturated heterocycles. The van der Waals surface area contributed by atoms with Gasteiger partial charge in [0.05, 0.1) is 4.92 Å². The number of rotatable bonds is 3. The van der Waals surface area contributed by atoms with Crippen molar-refractivity contribution in [2.45, 2.75) is 37.8 Å². The lowest BCUT2D eigenvalue weighted by Crippen LogP contribution is -2.33. The summed E-state index contributed by atoms with van der Waals surface area (Å²) >= 11 is 0. The Bertz CT molecular complexity index is 411. The fourth-order valence-electron chi connectivity index (χ4n) is 2.11. The summed E-state index contributed by atoms with van der Waals surface area (Å²) in [5.41, 5.74) is 5.85. The van der Waals surface area contributed by atoms with Crippen LogP contribution in [0.25, 0.3) is 0 Å². The lowest BCUT2D eigenvalue weighted by molar-refractivity contribution is -0.384. The molecule has 3 N–H and O–H groups in total. The zero-order valence-corrected chi connectivity index (χ0v) is 12.0. The van der Waals surface area contributed by atoms with Crippen molar-refractivity contribution in [2.24, 2.45) is 5.73 Å². The van der Waals surface area contributed by atoms with E-state index in [9.17, 15) is 10.1 Å². The molecule has 108 valence electrons. The average molecular weight is 309 g/mol. The first-order valence-corrected chi connectivity index (χ1v) is 5.78. The van der Waals surface area contributed by atoms with E-state index in [1.807, 2.05) is 0 Å². The van der Waals surface area contributed by atoms with E-state index in [2.05, 4.69) is 10.3 Å². The zero-order valence-electron chi connectivity index (χ0n) is 10.3. The van der Waals surface area contributed by atoms with E-state index in [4.69, 9.17) is 5.73 Å². The number of nitrogens with one attached hydrogen (secondary N) is 1. The molecule has 19 heavy (non-hydrogen) atoms. The highest BCUT2D eigenvalue weighted by Gasteiger charge is 2.22. The SMILES string of the molecule is Cl.Cl.NC1CCC(Nc2ncccc2[N+](=O)[O-])CC1. The molecule has 0 radical (unpaired) electrons. The molecule has 2 rings (SSSR count). The van der Waals surface area contributed by atoms with Gasteiger partial charge in [-0.25, -0.2) is 4.98 Å². The van der Waals surface area contributed by atoms with Crippen molar-refractivity contribution in [1.82, 2.24) is 4.98 Å². The van der Waals surface area contributed by atoms with Crippen molar-refractivity contribution in [1.29, 1.82) is 0 Å². The summed E-state index contributed by atoms with van der Waals surface area (Å²) < 4.78 is 0. The highest BCUT2D eigenvalue weighted by Crippen LogP contribution is 2.25. The summed E-state index contributed by atoms with van der Waals surface area (Å²) in [6.07, 6.45) is 5.35. The predicted molar refractivity (Wildman–Crippen MR) is 79.2 cm³/mol. The molecule has 1 aromatic heterocycles. The quantitative estimate of drug-likeness (QED) is 0.661. The maximum absolute atomic E-state index is 10.8. The number of hydrogen-bond donors (Lipinski definition) is 2. The second-order valence-corrected chi connectivity index (χ2v) is 4.38. The van der Waals surface area contributed by atoms with E-state index in [1.54, 1.807) is 12.3 Å². The number of nitrogens with zero attached hydrogens (tertiary/aromatic N) is 2. The summed E-state index contributed by atoms with van der Waals surface area (Å²) in [6.45, 7) is 0. The molecule has 0 bridgehead atoms. The van der Waals surface area contributed by atoms with Crippen molar-refractivity contribution < 1.29 is 4.92 Å². The molecular weight excluding hydrogens is 291 g/mol. The van der Waals surface area contributed by atoms with Gasteiger partial charge < -0.3 is 11.1 Å². The van der Waals surface area contributed by atoms with Crippen LogP contribution in [0.4, 0.5) is 11.5 Å². The van der Waals surface area contributed by atoms with Crippen LogP contribution in [0.3, 0.4) is 0 Å². The molecule has 0 amide bonds. The normalized spacial score (nSPS) is 21.7. The van der Waals surface area contributed by atoms with Gasteiger partial charge in [0.25, 0.3) is 0 Å². The van der Waals surface area contributed by atoms with Crippen LogP contribution in [0.15, 0.2) is 18.3 Å². The number of nitrogens with two attached hydrogens (primary N) is 1. The van der Waals surface area contributed by atoms with E-state index in [1.165, 1.54) is 6.07 Å². The minimum atomic E-state index is -0.413. The summed E-state index contributed by atoms with van der Waals surface area (Å²) in [5, 5.41) is 14.0. The van der Waals surface area contributed by atoms with Crippen LogP contribution < -0.4 is 11.1 Å². The van der Waals surface area contributed by atoms with Gasteiger partial charge in [0.15, 0.2) is 0 Å². The smallest absolute Gasteiger partial charge is 0.311 e. The zero-order chi connectivity index (χ0) is 12.3. The van der Waals surface area contributed by atoms with Crippen LogP contribution in [0, 0.1) is 10.1 Å². The fraction of sp³-hybridized carbons (Fsp3) is 0.545. The minimum Gasteiger partial charge on any atom is -0.362 e. The molecule has 0 atom stereocenters. The van der Waals surface area contributed by atoms with Crippen LogP contribution >= 0.6 is 24.8 Å². The number of anilines is 1. The Hall–Kier alpha value is -1.11. The van der Waals surface area contributed by atoms with Gasteiger partial charge in [0.2, 0.25) is 5.82 Å². The Balaban J connectivity index is 0.00000162. The monoisotopic (exact) mass is 308 g/mol. The van der Waals surface area contributed by atoms with Gasteiger partial charge in [-0.15, -0.1) is 24.8 Å². The summed E-state index contributed by atoms with van der Waals surface area (Å²) in [7, 11) is 0. The first kappa shape index (κ1) is 17.9. The minimum absolute atomic E-state index is 0. The fourth-order valence-corrected chi connectivity index (χ4v) is 2.11. The largest absolute Gasteiger partial charge is 0.362 e. The van der Waals surface area contributed by atoms with E-state index >= 15 is 0 Å². The standard InChI is InChI=1S/C11H16N4O2.2ClH/c12-8-3-5-9(6-4-8)14-11-10(15(16)17)2-1-7-13-11;;/h1-2,7-9H,3-6,12H2,(H,13,14);2*1H. The van der Waals surface area contributed by atoms with Crippen LogP contribution in [-0.4, -0.2) is 22.0 Å². The maximum Gasteiger partial charge on any atom is 0.311 e. The summed E-state index contributed by atoms with van der Waals surface area (Å²) in [4.78, 5) is 14.4. The van der Waals surface area contributed by atoms with E-state index in [-0.39, 0.29) is 42.6 Å². The Labute approximate surface area is 124 Å². The second kappa shape index (κ2) is 8.14. The third-order valence-electron chi connectivity index (χ3n) is 3.10. The maximum atomic E-state index is 10.8. The lowest BCUT2D eigenvalue weighted by Gasteiger charge is -2.26. The number of halogens is 2. The van der Waals surface area contributed by atoms with Crippen LogP contribution in [0.1, 0.15) is 25.7 Å². The second-order valence-electron chi connectivity index (χ2n) is 4.38. The van der Waals surface area contributed by atoms with Gasteiger partial charge in [-0.2, -0.15) is 0 Å². The Morgan fingerprint density at radius 2 is 1.95 bits per heavy atom. The van der Waals surface area contributed by atoms with Gasteiger partial charge in [-0.3, -0.25) is 10.1 Å². The lowest BCUT2D eigenvalue weighted by atomic mass is 9.92. The molecule has 0 aromatic carbocycles. The average Bonchev–Trinajstić information content (AvgIpc) is 2.32. The third kappa shape index (κ3) is 4.81. The molecule has 8 heteroatoms. The van der Waals surface area contributed by atoms with Crippen molar-refractivity contribution in [3.63, 3.8) is 0 Å². The van der Waals surface area contributed by atoms with Gasteiger partial charge in [-0.1, -0.05) is 0 Å². The number of hydrogen-bond acceptors (Lipinski definition) is 5. The molecule has 6 nitrogen and oxygen atoms in total. The summed E-state index contributed by atoms with van der Waals surface area (Å²) in [5.74, 6) is 0.359. The first-order chi connectivity index (χ1) is 8.16. The van der Waals surface area contributed by atoms with E-state index < -0.39 is 4.92 Å². The van der Waals surface area contributed by atoms with Crippen molar-refractivity contribution in [3.8, 4) is 0 Å². The molecule has 1 heterocycles. The highest BCUT2D eigenvalue weighted by molar-refractivity contribution is 5.85. The topological polar surface area (TPSA) is 94.1 Å². The van der Waals surface area contributed by atoms with Crippen molar-refractivity contribution in [2.75, 3.05) is 5.32 Å².